The number of hydrogen-bond donors (Lipinski definition) is 1. The first-order valence-electron chi connectivity index (χ1n) is 7.21. The average molecular weight is 399 g/mol. The van der Waals surface area contributed by atoms with Crippen LogP contribution in [0.25, 0.3) is 0 Å². The van der Waals surface area contributed by atoms with E-state index in [1.54, 1.807) is 18.2 Å². The van der Waals surface area contributed by atoms with E-state index >= 15 is 0 Å². The summed E-state index contributed by atoms with van der Waals surface area (Å²) in [5.74, 6) is 0.507. The van der Waals surface area contributed by atoms with Crippen molar-refractivity contribution in [2.75, 3.05) is 31.7 Å². The molecule has 0 saturated carbocycles. The fourth-order valence-corrected chi connectivity index (χ4v) is 4.23. The molecule has 0 spiro atoms. The number of Topliss-reactive ketones (excluding diaryl/α,β-unsaturated/α-hetero) is 1. The Morgan fingerprint density at radius 2 is 2.16 bits per heavy atom. The van der Waals surface area contributed by atoms with E-state index in [1.165, 1.54) is 49.3 Å². The zero-order valence-corrected chi connectivity index (χ0v) is 16.2. The van der Waals surface area contributed by atoms with Gasteiger partial charge in [-0.2, -0.15) is 0 Å². The number of benzene rings is 1. The molecule has 25 heavy (non-hydrogen) atoms. The summed E-state index contributed by atoms with van der Waals surface area (Å²) < 4.78 is 26.2. The van der Waals surface area contributed by atoms with E-state index in [9.17, 15) is 13.2 Å². The minimum Gasteiger partial charge on any atom is -0.353 e. The van der Waals surface area contributed by atoms with Crippen molar-refractivity contribution in [2.45, 2.75) is 9.24 Å². The molecule has 0 aliphatic rings. The fourth-order valence-electron chi connectivity index (χ4n) is 1.77. The number of hydrogen-bond acceptors (Lipinski definition) is 8. The largest absolute Gasteiger partial charge is 0.353 e. The summed E-state index contributed by atoms with van der Waals surface area (Å²) in [6, 6.07) is 5.99. The van der Waals surface area contributed by atoms with Crippen LogP contribution in [-0.2, 0) is 10.0 Å². The maximum atomic E-state index is 12.3. The van der Waals surface area contributed by atoms with Crippen LogP contribution in [0.15, 0.2) is 46.2 Å². The zero-order chi connectivity index (χ0) is 18.4. The van der Waals surface area contributed by atoms with Crippen molar-refractivity contribution in [3.05, 3.63) is 42.5 Å². The molecule has 2 aromatic rings. The summed E-state index contributed by atoms with van der Waals surface area (Å²) in [6.45, 7) is 3.65. The van der Waals surface area contributed by atoms with E-state index in [0.717, 1.165) is 14.4 Å². The third-order valence-corrected chi connectivity index (χ3v) is 6.89. The molecule has 0 amide bonds. The number of carbonyl (C=O) groups is 1. The first kappa shape index (κ1) is 19.6. The minimum absolute atomic E-state index is 0.00617. The third-order valence-electron chi connectivity index (χ3n) is 3.07. The molecule has 0 aliphatic heterocycles. The highest BCUT2D eigenvalue weighted by atomic mass is 32.2. The van der Waals surface area contributed by atoms with Gasteiger partial charge in [0.15, 0.2) is 10.1 Å². The zero-order valence-electron chi connectivity index (χ0n) is 13.8. The van der Waals surface area contributed by atoms with Crippen molar-refractivity contribution >= 4 is 44.0 Å². The van der Waals surface area contributed by atoms with Gasteiger partial charge in [-0.3, -0.25) is 4.79 Å². The Balaban J connectivity index is 2.04. The van der Waals surface area contributed by atoms with E-state index in [2.05, 4.69) is 22.1 Å². The number of nitrogens with one attached hydrogen (secondary N) is 1. The second-order valence-electron chi connectivity index (χ2n) is 5.06. The van der Waals surface area contributed by atoms with Crippen molar-refractivity contribution in [1.82, 2.24) is 14.5 Å². The van der Waals surface area contributed by atoms with Crippen molar-refractivity contribution in [2.24, 2.45) is 0 Å². The standard InChI is InChI=1S/C15H18N4O3S3/c1-4-8-23-15-18-17-14(24-15)16-10-13(20)11-6-5-7-12(9-11)25(21,22)19(2)3/h4-7,9H,1,8,10H2,2-3H3,(H,16,17). The van der Waals surface area contributed by atoms with E-state index in [0.29, 0.717) is 10.7 Å². The van der Waals surface area contributed by atoms with Crippen LogP contribution < -0.4 is 5.32 Å². The summed E-state index contributed by atoms with van der Waals surface area (Å²) in [5.41, 5.74) is 0.321. The minimum atomic E-state index is -3.58. The molecule has 1 aromatic carbocycles. The number of thioether (sulfide) groups is 1. The maximum Gasteiger partial charge on any atom is 0.242 e. The number of ketones is 1. The highest BCUT2D eigenvalue weighted by Gasteiger charge is 2.18. The molecular weight excluding hydrogens is 380 g/mol. The van der Waals surface area contributed by atoms with Gasteiger partial charge in [-0.05, 0) is 12.1 Å². The normalized spacial score (nSPS) is 11.5. The molecule has 1 N–H and O–H groups in total. The number of carbonyl (C=O) groups excluding carboxylic acids is 1. The van der Waals surface area contributed by atoms with Gasteiger partial charge in [0.05, 0.1) is 11.4 Å². The molecule has 0 fully saturated rings. The van der Waals surface area contributed by atoms with Gasteiger partial charge in [-0.1, -0.05) is 41.3 Å². The van der Waals surface area contributed by atoms with Crippen LogP contribution in [-0.4, -0.2) is 55.1 Å². The number of aromatic nitrogens is 2. The highest BCUT2D eigenvalue weighted by Crippen LogP contribution is 2.25. The number of nitrogens with zero attached hydrogens (tertiary/aromatic N) is 3. The van der Waals surface area contributed by atoms with Crippen LogP contribution in [0, 0.1) is 0 Å². The molecule has 0 aliphatic carbocycles. The Hall–Kier alpha value is -1.75. The third kappa shape index (κ3) is 5.11. The van der Waals surface area contributed by atoms with Gasteiger partial charge in [0, 0.05) is 25.4 Å². The van der Waals surface area contributed by atoms with E-state index in [1.807, 2.05) is 0 Å². The molecule has 2 rings (SSSR count). The van der Waals surface area contributed by atoms with E-state index in [4.69, 9.17) is 0 Å². The average Bonchev–Trinajstić information content (AvgIpc) is 3.05. The van der Waals surface area contributed by atoms with Gasteiger partial charge < -0.3 is 5.32 Å². The van der Waals surface area contributed by atoms with Crippen LogP contribution in [0.5, 0.6) is 0 Å². The molecule has 7 nitrogen and oxygen atoms in total. The molecule has 1 aromatic heterocycles. The monoisotopic (exact) mass is 398 g/mol. The predicted molar refractivity (Wildman–Crippen MR) is 101 cm³/mol. The first-order valence-corrected chi connectivity index (χ1v) is 10.5. The SMILES string of the molecule is C=CCSc1nnc(NCC(=O)c2cccc(S(=O)(=O)N(C)C)c2)s1. The lowest BCUT2D eigenvalue weighted by molar-refractivity contribution is 0.101. The fraction of sp³-hybridized carbons (Fsp3) is 0.267. The van der Waals surface area contributed by atoms with Gasteiger partial charge in [0.2, 0.25) is 15.2 Å². The Morgan fingerprint density at radius 3 is 2.84 bits per heavy atom. The van der Waals surface area contributed by atoms with Gasteiger partial charge in [-0.15, -0.1) is 16.8 Å². The maximum absolute atomic E-state index is 12.3. The van der Waals surface area contributed by atoms with Crippen LogP contribution >= 0.6 is 23.1 Å². The second kappa shape index (κ2) is 8.56. The predicted octanol–water partition coefficient (Wildman–Crippen LogP) is 2.36. The summed E-state index contributed by atoms with van der Waals surface area (Å²) in [5, 5.41) is 11.4. The van der Waals surface area contributed by atoms with E-state index in [-0.39, 0.29) is 17.2 Å². The van der Waals surface area contributed by atoms with Gasteiger partial charge in [0.25, 0.3) is 0 Å². The van der Waals surface area contributed by atoms with Crippen molar-refractivity contribution in [1.29, 1.82) is 0 Å². The molecule has 0 atom stereocenters. The lowest BCUT2D eigenvalue weighted by Crippen LogP contribution is -2.22. The van der Waals surface area contributed by atoms with Gasteiger partial charge in [-0.25, -0.2) is 12.7 Å². The summed E-state index contributed by atoms with van der Waals surface area (Å²) in [4.78, 5) is 12.4. The summed E-state index contributed by atoms with van der Waals surface area (Å²) >= 11 is 2.86. The first-order chi connectivity index (χ1) is 11.8. The summed E-state index contributed by atoms with van der Waals surface area (Å²) in [6.07, 6.45) is 1.78. The number of rotatable bonds is 9. The Labute approximate surface area is 155 Å². The van der Waals surface area contributed by atoms with Crippen LogP contribution in [0.4, 0.5) is 5.13 Å². The quantitative estimate of drug-likeness (QED) is 0.394. The van der Waals surface area contributed by atoms with Crippen LogP contribution in [0.3, 0.4) is 0 Å². The van der Waals surface area contributed by atoms with Crippen molar-refractivity contribution in [3.63, 3.8) is 0 Å². The molecule has 0 unspecified atom stereocenters. The molecule has 10 heteroatoms. The smallest absolute Gasteiger partial charge is 0.242 e. The molecule has 0 bridgehead atoms. The van der Waals surface area contributed by atoms with Crippen LogP contribution in [0.2, 0.25) is 0 Å². The number of sulfonamides is 1. The van der Waals surface area contributed by atoms with Gasteiger partial charge >= 0.3 is 0 Å². The lowest BCUT2D eigenvalue weighted by Gasteiger charge is -2.12. The van der Waals surface area contributed by atoms with Crippen molar-refractivity contribution < 1.29 is 13.2 Å². The van der Waals surface area contributed by atoms with Crippen molar-refractivity contribution in [3.8, 4) is 0 Å². The lowest BCUT2D eigenvalue weighted by atomic mass is 10.1. The number of anilines is 1. The molecular formula is C15H18N4O3S3. The van der Waals surface area contributed by atoms with Gasteiger partial charge in [0.1, 0.15) is 0 Å². The van der Waals surface area contributed by atoms with E-state index < -0.39 is 10.0 Å². The second-order valence-corrected chi connectivity index (χ2v) is 9.46. The molecule has 0 radical (unpaired) electrons. The molecule has 0 saturated heterocycles. The highest BCUT2D eigenvalue weighted by molar-refractivity contribution is 8.01. The Bertz CT molecular complexity index is 862. The molecule has 1 heterocycles. The Morgan fingerprint density at radius 1 is 1.40 bits per heavy atom. The topological polar surface area (TPSA) is 92.3 Å². The Kier molecular flexibility index (Phi) is 6.71. The summed E-state index contributed by atoms with van der Waals surface area (Å²) in [7, 11) is -0.682. The molecule has 134 valence electrons. The van der Waals surface area contributed by atoms with Crippen LogP contribution in [0.1, 0.15) is 10.4 Å².